The van der Waals surface area contributed by atoms with Crippen molar-refractivity contribution < 1.29 is 14.7 Å². The number of amides is 1. The molecule has 1 unspecified atom stereocenters. The van der Waals surface area contributed by atoms with Crippen molar-refractivity contribution in [1.82, 2.24) is 25.5 Å². The van der Waals surface area contributed by atoms with Gasteiger partial charge in [-0.1, -0.05) is 6.92 Å². The molecule has 0 aromatic carbocycles. The molecule has 0 aliphatic rings. The average molecular weight is 227 g/mol. The van der Waals surface area contributed by atoms with Crippen LogP contribution in [-0.2, 0) is 16.1 Å². The summed E-state index contributed by atoms with van der Waals surface area (Å²) in [6.07, 6.45) is 1.58. The second kappa shape index (κ2) is 4.69. The van der Waals surface area contributed by atoms with Gasteiger partial charge in [0, 0.05) is 0 Å². The van der Waals surface area contributed by atoms with Crippen LogP contribution in [0, 0.1) is 0 Å². The zero-order valence-electron chi connectivity index (χ0n) is 9.04. The van der Waals surface area contributed by atoms with Gasteiger partial charge >= 0.3 is 5.97 Å². The summed E-state index contributed by atoms with van der Waals surface area (Å²) in [5.74, 6) is -1.51. The lowest BCUT2D eigenvalue weighted by molar-refractivity contribution is -0.147. The Bertz CT molecular complexity index is 377. The van der Waals surface area contributed by atoms with Gasteiger partial charge in [-0.15, -0.1) is 5.10 Å². The number of hydrogen-bond donors (Lipinski definition) is 2. The number of nitrogens with one attached hydrogen (secondary N) is 1. The van der Waals surface area contributed by atoms with Crippen LogP contribution in [-0.4, -0.2) is 42.7 Å². The Morgan fingerprint density at radius 2 is 2.25 bits per heavy atom. The van der Waals surface area contributed by atoms with E-state index >= 15 is 0 Å². The molecule has 1 rings (SSSR count). The van der Waals surface area contributed by atoms with Crippen LogP contribution < -0.4 is 5.32 Å². The monoisotopic (exact) mass is 227 g/mol. The lowest BCUT2D eigenvalue weighted by atomic mass is 9.99. The molecule has 1 atom stereocenters. The largest absolute Gasteiger partial charge is 0.480 e. The summed E-state index contributed by atoms with van der Waals surface area (Å²) >= 11 is 0. The fourth-order valence-corrected chi connectivity index (χ4v) is 1.04. The minimum atomic E-state index is -1.26. The Kier molecular flexibility index (Phi) is 3.54. The van der Waals surface area contributed by atoms with Crippen LogP contribution in [0.3, 0.4) is 0 Å². The number of rotatable bonds is 5. The number of aliphatic carboxylic acids is 1. The third kappa shape index (κ3) is 2.75. The quantitative estimate of drug-likeness (QED) is 0.670. The summed E-state index contributed by atoms with van der Waals surface area (Å²) in [5, 5.41) is 21.6. The molecular weight excluding hydrogens is 214 g/mol. The van der Waals surface area contributed by atoms with E-state index in [1.807, 2.05) is 0 Å². The first kappa shape index (κ1) is 12.1. The molecular formula is C8H13N5O3. The second-order valence-corrected chi connectivity index (χ2v) is 3.55. The van der Waals surface area contributed by atoms with Crippen molar-refractivity contribution in [3.05, 3.63) is 6.33 Å². The van der Waals surface area contributed by atoms with Crippen molar-refractivity contribution in [2.45, 2.75) is 32.4 Å². The predicted octanol–water partition coefficient (Wildman–Crippen LogP) is -0.957. The van der Waals surface area contributed by atoms with Crippen LogP contribution >= 0.6 is 0 Å². The number of nitrogens with zero attached hydrogens (tertiary/aromatic N) is 4. The number of aromatic nitrogens is 4. The highest BCUT2D eigenvalue weighted by atomic mass is 16.4. The van der Waals surface area contributed by atoms with Crippen molar-refractivity contribution in [2.24, 2.45) is 0 Å². The Balaban J connectivity index is 2.60. The first-order valence-electron chi connectivity index (χ1n) is 4.73. The van der Waals surface area contributed by atoms with E-state index in [4.69, 9.17) is 5.11 Å². The fraction of sp³-hybridized carbons (Fsp3) is 0.625. The van der Waals surface area contributed by atoms with Gasteiger partial charge in [-0.25, -0.2) is 9.48 Å². The zero-order valence-corrected chi connectivity index (χ0v) is 9.04. The van der Waals surface area contributed by atoms with Crippen LogP contribution in [0.15, 0.2) is 6.33 Å². The van der Waals surface area contributed by atoms with Crippen LogP contribution in [0.5, 0.6) is 0 Å². The molecule has 1 amide bonds. The minimum Gasteiger partial charge on any atom is -0.480 e. The van der Waals surface area contributed by atoms with Crippen LogP contribution in [0.1, 0.15) is 20.3 Å². The summed E-state index contributed by atoms with van der Waals surface area (Å²) in [4.78, 5) is 22.4. The summed E-state index contributed by atoms with van der Waals surface area (Å²) < 4.78 is 1.22. The minimum absolute atomic E-state index is 0.101. The lowest BCUT2D eigenvalue weighted by Crippen LogP contribution is -2.52. The molecule has 0 spiro atoms. The van der Waals surface area contributed by atoms with Gasteiger partial charge < -0.3 is 10.4 Å². The molecule has 0 bridgehead atoms. The summed E-state index contributed by atoms with van der Waals surface area (Å²) in [6.45, 7) is 3.04. The van der Waals surface area contributed by atoms with E-state index in [1.54, 1.807) is 6.92 Å². The van der Waals surface area contributed by atoms with Gasteiger partial charge in [-0.2, -0.15) is 0 Å². The molecule has 0 saturated carbocycles. The van der Waals surface area contributed by atoms with Crippen molar-refractivity contribution >= 4 is 11.9 Å². The molecule has 0 saturated heterocycles. The Hall–Kier alpha value is -1.99. The van der Waals surface area contributed by atoms with Gasteiger partial charge in [0.25, 0.3) is 0 Å². The molecule has 1 aromatic heterocycles. The number of carbonyl (C=O) groups excluding carboxylic acids is 1. The SMILES string of the molecule is CCC(C)(NC(=O)Cn1cnnn1)C(=O)O. The van der Waals surface area contributed by atoms with E-state index in [1.165, 1.54) is 17.9 Å². The Labute approximate surface area is 91.6 Å². The van der Waals surface area contributed by atoms with Crippen molar-refractivity contribution in [1.29, 1.82) is 0 Å². The maximum atomic E-state index is 11.5. The van der Waals surface area contributed by atoms with E-state index in [0.717, 1.165) is 0 Å². The first-order chi connectivity index (χ1) is 7.48. The number of carbonyl (C=O) groups is 2. The fourth-order valence-electron chi connectivity index (χ4n) is 1.04. The standard InChI is InChI=1S/C8H13N5O3/c1-3-8(2,7(15)16)10-6(14)4-13-5-9-11-12-13/h5H,3-4H2,1-2H3,(H,10,14)(H,15,16). The highest BCUT2D eigenvalue weighted by Gasteiger charge is 2.32. The maximum absolute atomic E-state index is 11.5. The van der Waals surface area contributed by atoms with Crippen LogP contribution in [0.2, 0.25) is 0 Å². The molecule has 88 valence electrons. The summed E-state index contributed by atoms with van der Waals surface area (Å²) in [5.41, 5.74) is -1.26. The van der Waals surface area contributed by atoms with Crippen molar-refractivity contribution in [2.75, 3.05) is 0 Å². The number of carboxylic acids is 1. The molecule has 0 radical (unpaired) electrons. The van der Waals surface area contributed by atoms with E-state index in [0.29, 0.717) is 6.42 Å². The molecule has 1 heterocycles. The van der Waals surface area contributed by atoms with Gasteiger partial charge in [0.1, 0.15) is 18.4 Å². The van der Waals surface area contributed by atoms with E-state index in [2.05, 4.69) is 20.8 Å². The van der Waals surface area contributed by atoms with Gasteiger partial charge in [-0.05, 0) is 23.8 Å². The van der Waals surface area contributed by atoms with Crippen molar-refractivity contribution in [3.63, 3.8) is 0 Å². The smallest absolute Gasteiger partial charge is 0.329 e. The van der Waals surface area contributed by atoms with Crippen LogP contribution in [0.4, 0.5) is 0 Å². The van der Waals surface area contributed by atoms with Gasteiger partial charge in [0.15, 0.2) is 0 Å². The van der Waals surface area contributed by atoms with Gasteiger partial charge in [0.2, 0.25) is 5.91 Å². The van der Waals surface area contributed by atoms with E-state index in [-0.39, 0.29) is 6.54 Å². The normalized spacial score (nSPS) is 14.1. The lowest BCUT2D eigenvalue weighted by Gasteiger charge is -2.24. The predicted molar refractivity (Wildman–Crippen MR) is 52.3 cm³/mol. The molecule has 0 fully saturated rings. The molecule has 16 heavy (non-hydrogen) atoms. The Morgan fingerprint density at radius 1 is 1.56 bits per heavy atom. The summed E-state index contributed by atoms with van der Waals surface area (Å²) in [6, 6.07) is 0. The van der Waals surface area contributed by atoms with E-state index < -0.39 is 17.4 Å². The van der Waals surface area contributed by atoms with E-state index in [9.17, 15) is 9.59 Å². The van der Waals surface area contributed by atoms with Gasteiger partial charge in [0.05, 0.1) is 0 Å². The number of hydrogen-bond acceptors (Lipinski definition) is 5. The number of carboxylic acid groups (broad SMARTS) is 1. The third-order valence-electron chi connectivity index (χ3n) is 2.29. The first-order valence-corrected chi connectivity index (χ1v) is 4.73. The molecule has 0 aliphatic carbocycles. The Morgan fingerprint density at radius 3 is 2.69 bits per heavy atom. The second-order valence-electron chi connectivity index (χ2n) is 3.55. The highest BCUT2D eigenvalue weighted by molar-refractivity contribution is 5.86. The maximum Gasteiger partial charge on any atom is 0.329 e. The topological polar surface area (TPSA) is 110 Å². The highest BCUT2D eigenvalue weighted by Crippen LogP contribution is 2.08. The molecule has 1 aromatic rings. The average Bonchev–Trinajstić information content (AvgIpc) is 2.69. The third-order valence-corrected chi connectivity index (χ3v) is 2.29. The molecule has 8 heteroatoms. The van der Waals surface area contributed by atoms with Gasteiger partial charge in [-0.3, -0.25) is 4.79 Å². The zero-order chi connectivity index (χ0) is 12.2. The van der Waals surface area contributed by atoms with Crippen molar-refractivity contribution in [3.8, 4) is 0 Å². The summed E-state index contributed by atoms with van der Waals surface area (Å²) in [7, 11) is 0. The molecule has 0 aliphatic heterocycles. The molecule has 8 nitrogen and oxygen atoms in total. The van der Waals surface area contributed by atoms with Crippen LogP contribution in [0.25, 0.3) is 0 Å². The number of tetrazole rings is 1. The molecule has 2 N–H and O–H groups in total.